The highest BCUT2D eigenvalue weighted by atomic mass is 35.5. The molecule has 7 heteroatoms. The lowest BCUT2D eigenvalue weighted by molar-refractivity contribution is 0.131. The highest BCUT2D eigenvalue weighted by molar-refractivity contribution is 6.28. The Morgan fingerprint density at radius 1 is 1.14 bits per heavy atom. The van der Waals surface area contributed by atoms with Crippen LogP contribution in [0.15, 0.2) is 0 Å². The van der Waals surface area contributed by atoms with Crippen LogP contribution in [0.5, 0.6) is 0 Å². The van der Waals surface area contributed by atoms with Gasteiger partial charge in [0.15, 0.2) is 0 Å². The molecule has 1 saturated heterocycles. The molecule has 0 aromatic carbocycles. The van der Waals surface area contributed by atoms with E-state index in [1.54, 1.807) is 0 Å². The van der Waals surface area contributed by atoms with Gasteiger partial charge in [0.2, 0.25) is 17.2 Å². The molecule has 1 aromatic rings. The van der Waals surface area contributed by atoms with Gasteiger partial charge < -0.3 is 15.0 Å². The molecule has 0 spiro atoms. The average Bonchev–Trinajstić information content (AvgIpc) is 3.00. The van der Waals surface area contributed by atoms with Crippen molar-refractivity contribution in [3.05, 3.63) is 5.28 Å². The number of nitrogens with one attached hydrogen (secondary N) is 1. The summed E-state index contributed by atoms with van der Waals surface area (Å²) < 4.78 is 5.51. The third kappa shape index (κ3) is 5.63. The molecule has 2 rings (SSSR count). The number of ether oxygens (including phenoxy) is 1. The molecule has 2 heterocycles. The van der Waals surface area contributed by atoms with Gasteiger partial charge in [0.05, 0.1) is 0 Å². The number of anilines is 2. The fourth-order valence-corrected chi connectivity index (χ4v) is 2.36. The molecule has 118 valence electrons. The molecule has 1 aliphatic rings. The van der Waals surface area contributed by atoms with E-state index in [0.717, 1.165) is 45.7 Å². The molecule has 0 aliphatic carbocycles. The van der Waals surface area contributed by atoms with Gasteiger partial charge in [-0.3, -0.25) is 0 Å². The topological polar surface area (TPSA) is 63.2 Å². The zero-order valence-electron chi connectivity index (χ0n) is 12.6. The fourth-order valence-electron chi connectivity index (χ4n) is 2.20. The van der Waals surface area contributed by atoms with Crippen molar-refractivity contribution in [2.24, 2.45) is 0 Å². The minimum absolute atomic E-state index is 0.244. The number of hydrogen-bond acceptors (Lipinski definition) is 6. The van der Waals surface area contributed by atoms with Crippen molar-refractivity contribution in [3.8, 4) is 0 Å². The van der Waals surface area contributed by atoms with E-state index in [0.29, 0.717) is 11.9 Å². The molecule has 0 bridgehead atoms. The highest BCUT2D eigenvalue weighted by Crippen LogP contribution is 2.18. The van der Waals surface area contributed by atoms with Crippen LogP contribution < -0.4 is 10.2 Å². The Morgan fingerprint density at radius 3 is 2.67 bits per heavy atom. The molecule has 0 saturated carbocycles. The van der Waals surface area contributed by atoms with E-state index in [2.05, 4.69) is 32.1 Å². The van der Waals surface area contributed by atoms with E-state index in [1.807, 2.05) is 0 Å². The highest BCUT2D eigenvalue weighted by Gasteiger charge is 2.16. The maximum absolute atomic E-state index is 5.97. The zero-order chi connectivity index (χ0) is 14.9. The summed E-state index contributed by atoms with van der Waals surface area (Å²) in [4.78, 5) is 14.9. The van der Waals surface area contributed by atoms with Crippen LogP contribution in [0.4, 0.5) is 11.9 Å². The predicted molar refractivity (Wildman–Crippen MR) is 85.1 cm³/mol. The van der Waals surface area contributed by atoms with Crippen molar-refractivity contribution in [3.63, 3.8) is 0 Å². The SMILES string of the molecule is CCCCOCCCNc1nc(Cl)nc(N2CCCC2)n1. The fraction of sp³-hybridized carbons (Fsp3) is 0.786. The average molecular weight is 314 g/mol. The Hall–Kier alpha value is -1.14. The van der Waals surface area contributed by atoms with Gasteiger partial charge in [-0.15, -0.1) is 0 Å². The Balaban J connectivity index is 1.75. The van der Waals surface area contributed by atoms with Crippen LogP contribution in [0.3, 0.4) is 0 Å². The van der Waals surface area contributed by atoms with Crippen LogP contribution in [0.1, 0.15) is 39.0 Å². The number of halogens is 1. The Morgan fingerprint density at radius 2 is 1.90 bits per heavy atom. The van der Waals surface area contributed by atoms with Crippen molar-refractivity contribution in [2.45, 2.75) is 39.0 Å². The van der Waals surface area contributed by atoms with Gasteiger partial charge in [0, 0.05) is 32.8 Å². The maximum atomic E-state index is 5.97. The predicted octanol–water partition coefficient (Wildman–Crippen LogP) is 2.74. The third-order valence-electron chi connectivity index (χ3n) is 3.38. The van der Waals surface area contributed by atoms with E-state index < -0.39 is 0 Å². The van der Waals surface area contributed by atoms with Crippen molar-refractivity contribution >= 4 is 23.5 Å². The van der Waals surface area contributed by atoms with Crippen LogP contribution in [0.25, 0.3) is 0 Å². The van der Waals surface area contributed by atoms with Crippen LogP contribution in [-0.4, -0.2) is 47.8 Å². The van der Waals surface area contributed by atoms with Gasteiger partial charge in [-0.05, 0) is 37.3 Å². The Labute approximate surface area is 131 Å². The molecular weight excluding hydrogens is 290 g/mol. The Kier molecular flexibility index (Phi) is 6.95. The van der Waals surface area contributed by atoms with Crippen molar-refractivity contribution in [2.75, 3.05) is 43.1 Å². The van der Waals surface area contributed by atoms with E-state index in [4.69, 9.17) is 16.3 Å². The van der Waals surface area contributed by atoms with E-state index in [9.17, 15) is 0 Å². The van der Waals surface area contributed by atoms with Crippen molar-refractivity contribution in [1.82, 2.24) is 15.0 Å². The lowest BCUT2D eigenvalue weighted by Crippen LogP contribution is -2.21. The molecule has 0 unspecified atom stereocenters. The molecule has 6 nitrogen and oxygen atoms in total. The molecule has 0 radical (unpaired) electrons. The molecule has 0 amide bonds. The van der Waals surface area contributed by atoms with Crippen LogP contribution in [-0.2, 0) is 4.74 Å². The second-order valence-corrected chi connectivity index (χ2v) is 5.51. The molecular formula is C14H24ClN5O. The second kappa shape index (κ2) is 9.00. The third-order valence-corrected chi connectivity index (χ3v) is 3.55. The molecule has 1 aliphatic heterocycles. The lowest BCUT2D eigenvalue weighted by Gasteiger charge is -2.15. The number of unbranched alkanes of at least 4 members (excludes halogenated alkanes) is 1. The van der Waals surface area contributed by atoms with Gasteiger partial charge >= 0.3 is 0 Å². The second-order valence-electron chi connectivity index (χ2n) is 5.17. The minimum Gasteiger partial charge on any atom is -0.381 e. The van der Waals surface area contributed by atoms with Gasteiger partial charge in [0.1, 0.15) is 0 Å². The van der Waals surface area contributed by atoms with E-state index in [-0.39, 0.29) is 5.28 Å². The van der Waals surface area contributed by atoms with Crippen LogP contribution in [0, 0.1) is 0 Å². The summed E-state index contributed by atoms with van der Waals surface area (Å²) in [5.74, 6) is 1.22. The molecule has 21 heavy (non-hydrogen) atoms. The minimum atomic E-state index is 0.244. The molecule has 1 aromatic heterocycles. The Bertz CT molecular complexity index is 426. The summed E-state index contributed by atoms with van der Waals surface area (Å²) in [7, 11) is 0. The summed E-state index contributed by atoms with van der Waals surface area (Å²) in [5.41, 5.74) is 0. The van der Waals surface area contributed by atoms with Gasteiger partial charge in [0.25, 0.3) is 0 Å². The first-order valence-corrected chi connectivity index (χ1v) is 8.15. The summed E-state index contributed by atoms with van der Waals surface area (Å²) in [6, 6.07) is 0. The largest absolute Gasteiger partial charge is 0.381 e. The molecule has 1 fully saturated rings. The van der Waals surface area contributed by atoms with Gasteiger partial charge in [-0.1, -0.05) is 13.3 Å². The first-order valence-electron chi connectivity index (χ1n) is 7.77. The molecule has 1 N–H and O–H groups in total. The van der Waals surface area contributed by atoms with Crippen molar-refractivity contribution < 1.29 is 4.74 Å². The summed E-state index contributed by atoms with van der Waals surface area (Å²) >= 11 is 5.97. The van der Waals surface area contributed by atoms with Gasteiger partial charge in [-0.25, -0.2) is 0 Å². The van der Waals surface area contributed by atoms with E-state index in [1.165, 1.54) is 19.3 Å². The zero-order valence-corrected chi connectivity index (χ0v) is 13.4. The van der Waals surface area contributed by atoms with Gasteiger partial charge in [-0.2, -0.15) is 15.0 Å². The summed E-state index contributed by atoms with van der Waals surface area (Å²) in [6.45, 7) is 6.51. The number of aromatic nitrogens is 3. The van der Waals surface area contributed by atoms with Crippen molar-refractivity contribution in [1.29, 1.82) is 0 Å². The first-order chi connectivity index (χ1) is 10.3. The normalized spacial score (nSPS) is 14.7. The summed E-state index contributed by atoms with van der Waals surface area (Å²) in [5, 5.41) is 3.43. The number of rotatable bonds is 9. The quantitative estimate of drug-likeness (QED) is 0.707. The maximum Gasteiger partial charge on any atom is 0.231 e. The van der Waals surface area contributed by atoms with Crippen LogP contribution in [0.2, 0.25) is 5.28 Å². The van der Waals surface area contributed by atoms with Crippen LogP contribution >= 0.6 is 11.6 Å². The lowest BCUT2D eigenvalue weighted by atomic mass is 10.4. The molecule has 0 atom stereocenters. The summed E-state index contributed by atoms with van der Waals surface area (Å²) in [6.07, 6.45) is 5.57. The monoisotopic (exact) mass is 313 g/mol. The first kappa shape index (κ1) is 16.2. The van der Waals surface area contributed by atoms with E-state index >= 15 is 0 Å². The standard InChI is InChI=1S/C14H24ClN5O/c1-2-3-10-21-11-6-7-16-13-17-12(15)18-14(19-13)20-8-4-5-9-20/h2-11H2,1H3,(H,16,17,18,19). The number of nitrogens with zero attached hydrogens (tertiary/aromatic N) is 4. The number of hydrogen-bond donors (Lipinski definition) is 1. The smallest absolute Gasteiger partial charge is 0.231 e.